The predicted molar refractivity (Wildman–Crippen MR) is 59.6 cm³/mol. The number of fused-ring (bicyclic) bond motifs is 1. The minimum atomic E-state index is -0.371. The molecule has 0 spiro atoms. The van der Waals surface area contributed by atoms with E-state index in [-0.39, 0.29) is 12.8 Å². The zero-order valence-corrected chi connectivity index (χ0v) is 9.49. The van der Waals surface area contributed by atoms with Crippen LogP contribution in [0.4, 0.5) is 4.79 Å². The summed E-state index contributed by atoms with van der Waals surface area (Å²) >= 11 is 0. The lowest BCUT2D eigenvalue weighted by atomic mass is 10.2. The minimum Gasteiger partial charge on any atom is -0.454 e. The van der Waals surface area contributed by atoms with Crippen molar-refractivity contribution in [2.24, 2.45) is 0 Å². The monoisotopic (exact) mass is 238 g/mol. The number of hydrogen-bond donors (Lipinski definition) is 2. The average Bonchev–Trinajstić information content (AvgIpc) is 2.81. The van der Waals surface area contributed by atoms with Gasteiger partial charge >= 0.3 is 6.03 Å². The molecule has 92 valence electrons. The van der Waals surface area contributed by atoms with E-state index in [2.05, 4.69) is 10.8 Å². The van der Waals surface area contributed by atoms with Gasteiger partial charge in [-0.3, -0.25) is 4.84 Å². The third-order valence-electron chi connectivity index (χ3n) is 2.20. The van der Waals surface area contributed by atoms with Gasteiger partial charge < -0.3 is 14.8 Å². The summed E-state index contributed by atoms with van der Waals surface area (Å²) in [5, 5.41) is 2.65. The predicted octanol–water partition coefficient (Wildman–Crippen LogP) is 1.17. The largest absolute Gasteiger partial charge is 0.454 e. The molecule has 0 aromatic heterocycles. The molecule has 17 heavy (non-hydrogen) atoms. The zero-order chi connectivity index (χ0) is 12.1. The standard InChI is InChI=1S/C11H14N2O4/c1-2-17-13-11(14)12-6-8-3-4-9-10(5-8)16-7-15-9/h3-5H,2,6-7H2,1H3,(H2,12,13,14). The summed E-state index contributed by atoms with van der Waals surface area (Å²) in [7, 11) is 0. The number of urea groups is 1. The molecular weight excluding hydrogens is 224 g/mol. The maximum absolute atomic E-state index is 11.2. The van der Waals surface area contributed by atoms with E-state index in [9.17, 15) is 4.79 Å². The highest BCUT2D eigenvalue weighted by molar-refractivity contribution is 5.72. The van der Waals surface area contributed by atoms with Gasteiger partial charge in [0.1, 0.15) is 0 Å². The van der Waals surface area contributed by atoms with E-state index >= 15 is 0 Å². The average molecular weight is 238 g/mol. The maximum atomic E-state index is 11.2. The zero-order valence-electron chi connectivity index (χ0n) is 9.49. The van der Waals surface area contributed by atoms with Gasteiger partial charge in [-0.15, -0.1) is 0 Å². The van der Waals surface area contributed by atoms with Crippen molar-refractivity contribution in [3.8, 4) is 11.5 Å². The molecule has 6 heteroatoms. The number of carbonyl (C=O) groups is 1. The van der Waals surface area contributed by atoms with Gasteiger partial charge in [0.25, 0.3) is 0 Å². The molecule has 1 heterocycles. The van der Waals surface area contributed by atoms with Crippen molar-refractivity contribution in [1.82, 2.24) is 10.8 Å². The molecule has 2 rings (SSSR count). The summed E-state index contributed by atoms with van der Waals surface area (Å²) in [6, 6.07) is 5.15. The summed E-state index contributed by atoms with van der Waals surface area (Å²) in [6.07, 6.45) is 0. The van der Waals surface area contributed by atoms with Crippen LogP contribution >= 0.6 is 0 Å². The fraction of sp³-hybridized carbons (Fsp3) is 0.364. The second-order valence-corrected chi connectivity index (χ2v) is 3.41. The highest BCUT2D eigenvalue weighted by atomic mass is 16.7. The minimum absolute atomic E-state index is 0.247. The van der Waals surface area contributed by atoms with Gasteiger partial charge in [-0.05, 0) is 24.6 Å². The number of hydrogen-bond acceptors (Lipinski definition) is 4. The van der Waals surface area contributed by atoms with Gasteiger partial charge in [0.2, 0.25) is 6.79 Å². The summed E-state index contributed by atoms with van der Waals surface area (Å²) in [6.45, 7) is 2.86. The Morgan fingerprint density at radius 3 is 3.06 bits per heavy atom. The fourth-order valence-corrected chi connectivity index (χ4v) is 1.41. The van der Waals surface area contributed by atoms with Crippen molar-refractivity contribution in [2.75, 3.05) is 13.4 Å². The normalized spacial score (nSPS) is 12.3. The summed E-state index contributed by atoms with van der Waals surface area (Å²) < 4.78 is 10.4. The van der Waals surface area contributed by atoms with Crippen LogP contribution < -0.4 is 20.3 Å². The van der Waals surface area contributed by atoms with E-state index in [0.717, 1.165) is 11.3 Å². The Labute approximate surface area is 98.8 Å². The number of rotatable bonds is 4. The first-order valence-electron chi connectivity index (χ1n) is 5.33. The lowest BCUT2D eigenvalue weighted by molar-refractivity contribution is 0.0705. The van der Waals surface area contributed by atoms with Crippen LogP contribution in [-0.4, -0.2) is 19.4 Å². The van der Waals surface area contributed by atoms with Crippen LogP contribution in [0.5, 0.6) is 11.5 Å². The summed E-state index contributed by atoms with van der Waals surface area (Å²) in [5.41, 5.74) is 3.18. The van der Waals surface area contributed by atoms with Crippen LogP contribution in [0, 0.1) is 0 Å². The van der Waals surface area contributed by atoms with Gasteiger partial charge in [-0.25, -0.2) is 10.3 Å². The van der Waals surface area contributed by atoms with Crippen LogP contribution in [-0.2, 0) is 11.4 Å². The number of benzene rings is 1. The maximum Gasteiger partial charge on any atom is 0.338 e. The van der Waals surface area contributed by atoms with Crippen LogP contribution in [0.25, 0.3) is 0 Å². The fourth-order valence-electron chi connectivity index (χ4n) is 1.41. The summed E-state index contributed by atoms with van der Waals surface area (Å²) in [5.74, 6) is 1.43. The molecular formula is C11H14N2O4. The SMILES string of the molecule is CCONC(=O)NCc1ccc2c(c1)OCO2. The van der Waals surface area contributed by atoms with E-state index in [1.165, 1.54) is 0 Å². The molecule has 0 saturated heterocycles. The van der Waals surface area contributed by atoms with Crippen molar-refractivity contribution < 1.29 is 19.1 Å². The first kappa shape index (κ1) is 11.5. The van der Waals surface area contributed by atoms with Gasteiger partial charge in [-0.2, -0.15) is 0 Å². The Kier molecular flexibility index (Phi) is 3.66. The molecule has 0 bridgehead atoms. The Hall–Kier alpha value is -1.95. The number of hydroxylamine groups is 1. The molecule has 0 aliphatic carbocycles. The van der Waals surface area contributed by atoms with Crippen molar-refractivity contribution in [2.45, 2.75) is 13.5 Å². The van der Waals surface area contributed by atoms with Crippen LogP contribution in [0.3, 0.4) is 0 Å². The quantitative estimate of drug-likeness (QED) is 0.772. The van der Waals surface area contributed by atoms with E-state index in [1.54, 1.807) is 6.92 Å². The van der Waals surface area contributed by atoms with Crippen molar-refractivity contribution in [1.29, 1.82) is 0 Å². The van der Waals surface area contributed by atoms with Crippen molar-refractivity contribution >= 4 is 6.03 Å². The second-order valence-electron chi connectivity index (χ2n) is 3.41. The molecule has 0 atom stereocenters. The van der Waals surface area contributed by atoms with Gasteiger partial charge in [0.05, 0.1) is 6.61 Å². The Morgan fingerprint density at radius 2 is 2.24 bits per heavy atom. The second kappa shape index (κ2) is 5.40. The first-order chi connectivity index (χ1) is 8.29. The lowest BCUT2D eigenvalue weighted by Gasteiger charge is -2.07. The van der Waals surface area contributed by atoms with Crippen molar-refractivity contribution in [3.63, 3.8) is 0 Å². The van der Waals surface area contributed by atoms with Gasteiger partial charge in [-0.1, -0.05) is 6.07 Å². The molecule has 1 aromatic rings. The van der Waals surface area contributed by atoms with E-state index < -0.39 is 0 Å². The third kappa shape index (κ3) is 3.01. The number of ether oxygens (including phenoxy) is 2. The molecule has 0 saturated carbocycles. The highest BCUT2D eigenvalue weighted by Gasteiger charge is 2.13. The Bertz CT molecular complexity index is 408. The van der Waals surface area contributed by atoms with Crippen LogP contribution in [0.2, 0.25) is 0 Å². The topological polar surface area (TPSA) is 68.8 Å². The Balaban J connectivity index is 1.85. The van der Waals surface area contributed by atoms with Crippen LogP contribution in [0.15, 0.2) is 18.2 Å². The number of nitrogens with one attached hydrogen (secondary N) is 2. The number of carbonyl (C=O) groups excluding carboxylic acids is 1. The van der Waals surface area contributed by atoms with E-state index in [4.69, 9.17) is 14.3 Å². The molecule has 0 radical (unpaired) electrons. The molecule has 2 N–H and O–H groups in total. The lowest BCUT2D eigenvalue weighted by Crippen LogP contribution is -2.34. The molecule has 1 aliphatic rings. The smallest absolute Gasteiger partial charge is 0.338 e. The number of amides is 2. The molecule has 1 aromatic carbocycles. The molecule has 1 aliphatic heterocycles. The van der Waals surface area contributed by atoms with Crippen LogP contribution in [0.1, 0.15) is 12.5 Å². The molecule has 0 fully saturated rings. The molecule has 0 unspecified atom stereocenters. The molecule has 2 amide bonds. The molecule has 6 nitrogen and oxygen atoms in total. The van der Waals surface area contributed by atoms with E-state index in [0.29, 0.717) is 18.9 Å². The Morgan fingerprint density at radius 1 is 1.41 bits per heavy atom. The van der Waals surface area contributed by atoms with Crippen molar-refractivity contribution in [3.05, 3.63) is 23.8 Å². The third-order valence-corrected chi connectivity index (χ3v) is 2.20. The highest BCUT2D eigenvalue weighted by Crippen LogP contribution is 2.32. The van der Waals surface area contributed by atoms with E-state index in [1.807, 2.05) is 18.2 Å². The summed E-state index contributed by atoms with van der Waals surface area (Å²) in [4.78, 5) is 16.0. The van der Waals surface area contributed by atoms with Gasteiger partial charge in [0.15, 0.2) is 11.5 Å². The first-order valence-corrected chi connectivity index (χ1v) is 5.33. The van der Waals surface area contributed by atoms with Gasteiger partial charge in [0, 0.05) is 6.54 Å².